The summed E-state index contributed by atoms with van der Waals surface area (Å²) in [6.07, 6.45) is 2.31. The average molecular weight is 372 g/mol. The molecule has 0 spiro atoms. The summed E-state index contributed by atoms with van der Waals surface area (Å²) in [6.45, 7) is 1.83. The highest BCUT2D eigenvalue weighted by molar-refractivity contribution is 7.18. The van der Waals surface area contributed by atoms with E-state index in [4.69, 9.17) is 9.15 Å². The van der Waals surface area contributed by atoms with Crippen LogP contribution in [0.5, 0.6) is 0 Å². The minimum absolute atomic E-state index is 0.256. The number of hydrogen-bond acceptors (Lipinski definition) is 6. The number of aromatic nitrogens is 1. The molecule has 0 fully saturated rings. The number of carbonyl (C=O) groups excluding carboxylic acids is 2. The first-order chi connectivity index (χ1) is 12.6. The van der Waals surface area contributed by atoms with Gasteiger partial charge in [0.15, 0.2) is 6.10 Å². The number of nitrogens with zero attached hydrogens (tertiary/aromatic N) is 1. The number of nitrogens with one attached hydrogen (secondary N) is 1. The number of ether oxygens (including phenoxy) is 1. The van der Waals surface area contributed by atoms with E-state index >= 15 is 0 Å². The first kappa shape index (κ1) is 18.1. The van der Waals surface area contributed by atoms with Gasteiger partial charge in [-0.15, -0.1) is 11.3 Å². The molecule has 1 atom stereocenters. The Kier molecular flexibility index (Phi) is 6.01. The molecular formula is C19H20N2O4S. The van der Waals surface area contributed by atoms with E-state index in [1.807, 2.05) is 24.3 Å². The van der Waals surface area contributed by atoms with Gasteiger partial charge in [-0.25, -0.2) is 4.98 Å². The van der Waals surface area contributed by atoms with Crippen molar-refractivity contribution < 1.29 is 18.7 Å². The van der Waals surface area contributed by atoms with E-state index in [9.17, 15) is 9.59 Å². The Morgan fingerprint density at radius 3 is 2.88 bits per heavy atom. The molecule has 1 amide bonds. The minimum atomic E-state index is -0.833. The van der Waals surface area contributed by atoms with Gasteiger partial charge < -0.3 is 14.5 Å². The van der Waals surface area contributed by atoms with Crippen LogP contribution >= 0.6 is 11.3 Å². The molecule has 136 valence electrons. The van der Waals surface area contributed by atoms with Crippen molar-refractivity contribution in [3.8, 4) is 0 Å². The molecule has 0 unspecified atom stereocenters. The predicted molar refractivity (Wildman–Crippen MR) is 98.7 cm³/mol. The van der Waals surface area contributed by atoms with Crippen LogP contribution in [0.2, 0.25) is 0 Å². The zero-order valence-corrected chi connectivity index (χ0v) is 15.3. The van der Waals surface area contributed by atoms with Gasteiger partial charge in [0.1, 0.15) is 5.76 Å². The molecule has 0 saturated heterocycles. The lowest BCUT2D eigenvalue weighted by molar-refractivity contribution is -0.155. The summed E-state index contributed by atoms with van der Waals surface area (Å²) in [4.78, 5) is 28.4. The van der Waals surface area contributed by atoms with Crippen LogP contribution < -0.4 is 5.32 Å². The number of esters is 1. The Labute approximate surface area is 155 Å². The summed E-state index contributed by atoms with van der Waals surface area (Å²) in [7, 11) is 0. The molecule has 6 nitrogen and oxygen atoms in total. The summed E-state index contributed by atoms with van der Waals surface area (Å²) in [5.41, 5.74) is 0.983. The second-order valence-corrected chi connectivity index (χ2v) is 6.97. The van der Waals surface area contributed by atoms with Gasteiger partial charge in [0.25, 0.3) is 5.91 Å². The van der Waals surface area contributed by atoms with Crippen molar-refractivity contribution in [2.45, 2.75) is 38.8 Å². The third-order valence-corrected chi connectivity index (χ3v) is 4.90. The van der Waals surface area contributed by atoms with Crippen molar-refractivity contribution in [3.63, 3.8) is 0 Å². The van der Waals surface area contributed by atoms with Gasteiger partial charge in [-0.2, -0.15) is 0 Å². The zero-order chi connectivity index (χ0) is 18.4. The van der Waals surface area contributed by atoms with Crippen LogP contribution in [0.25, 0.3) is 10.2 Å². The maximum Gasteiger partial charge on any atom is 0.306 e. The topological polar surface area (TPSA) is 81.4 Å². The van der Waals surface area contributed by atoms with E-state index < -0.39 is 6.10 Å². The van der Waals surface area contributed by atoms with Gasteiger partial charge in [-0.1, -0.05) is 12.1 Å². The van der Waals surface area contributed by atoms with Gasteiger partial charge in [0.05, 0.1) is 28.0 Å². The third-order valence-electron chi connectivity index (χ3n) is 3.80. The SMILES string of the molecule is C[C@@H](OC(=O)CCCc1nc2ccccc2s1)C(=O)NCc1ccco1. The zero-order valence-electron chi connectivity index (χ0n) is 14.4. The number of thiazole rings is 1. The molecule has 2 heterocycles. The maximum absolute atomic E-state index is 11.9. The molecule has 3 rings (SSSR count). The van der Waals surface area contributed by atoms with Crippen molar-refractivity contribution in [2.24, 2.45) is 0 Å². The Morgan fingerprint density at radius 1 is 1.27 bits per heavy atom. The summed E-state index contributed by atoms with van der Waals surface area (Å²) >= 11 is 1.64. The van der Waals surface area contributed by atoms with E-state index in [0.717, 1.165) is 15.2 Å². The van der Waals surface area contributed by atoms with Crippen molar-refractivity contribution >= 4 is 33.4 Å². The minimum Gasteiger partial charge on any atom is -0.467 e. The summed E-state index contributed by atoms with van der Waals surface area (Å²) in [6, 6.07) is 11.5. The van der Waals surface area contributed by atoms with Crippen molar-refractivity contribution in [3.05, 3.63) is 53.4 Å². The van der Waals surface area contributed by atoms with Crippen LogP contribution in [0, 0.1) is 0 Å². The van der Waals surface area contributed by atoms with Gasteiger partial charge in [-0.05, 0) is 44.0 Å². The molecule has 0 aliphatic carbocycles. The molecule has 0 aliphatic heterocycles. The van der Waals surface area contributed by atoms with Crippen LogP contribution in [-0.2, 0) is 27.3 Å². The lowest BCUT2D eigenvalue weighted by Gasteiger charge is -2.12. The molecule has 0 radical (unpaired) electrons. The fourth-order valence-corrected chi connectivity index (χ4v) is 3.46. The van der Waals surface area contributed by atoms with E-state index in [0.29, 0.717) is 18.6 Å². The number of amides is 1. The molecule has 0 aliphatic rings. The highest BCUT2D eigenvalue weighted by Crippen LogP contribution is 2.22. The number of para-hydroxylation sites is 1. The van der Waals surface area contributed by atoms with Crippen LogP contribution in [0.4, 0.5) is 0 Å². The molecule has 1 aromatic carbocycles. The lowest BCUT2D eigenvalue weighted by atomic mass is 10.2. The molecule has 3 aromatic rings. The molecule has 26 heavy (non-hydrogen) atoms. The Bertz CT molecular complexity index is 840. The van der Waals surface area contributed by atoms with Crippen molar-refractivity contribution in [1.29, 1.82) is 0 Å². The number of hydrogen-bond donors (Lipinski definition) is 1. The smallest absolute Gasteiger partial charge is 0.306 e. The molecular weight excluding hydrogens is 352 g/mol. The summed E-state index contributed by atoms with van der Waals surface area (Å²) in [5.74, 6) is -0.0830. The maximum atomic E-state index is 11.9. The highest BCUT2D eigenvalue weighted by Gasteiger charge is 2.17. The molecule has 1 N–H and O–H groups in total. The fourth-order valence-electron chi connectivity index (χ4n) is 2.45. The second-order valence-electron chi connectivity index (χ2n) is 5.86. The predicted octanol–water partition coefficient (Wildman–Crippen LogP) is 3.46. The average Bonchev–Trinajstić information content (AvgIpc) is 3.28. The Hall–Kier alpha value is -2.67. The Balaban J connectivity index is 1.38. The number of aryl methyl sites for hydroxylation is 1. The van der Waals surface area contributed by atoms with Crippen molar-refractivity contribution in [2.75, 3.05) is 0 Å². The van der Waals surface area contributed by atoms with Crippen LogP contribution in [0.1, 0.15) is 30.5 Å². The number of carbonyl (C=O) groups is 2. The quantitative estimate of drug-likeness (QED) is 0.613. The van der Waals surface area contributed by atoms with E-state index in [-0.39, 0.29) is 24.8 Å². The largest absolute Gasteiger partial charge is 0.467 e. The highest BCUT2D eigenvalue weighted by atomic mass is 32.1. The number of benzene rings is 1. The summed E-state index contributed by atoms with van der Waals surface area (Å²) < 4.78 is 11.5. The fraction of sp³-hybridized carbons (Fsp3) is 0.316. The van der Waals surface area contributed by atoms with E-state index in [1.54, 1.807) is 30.4 Å². The van der Waals surface area contributed by atoms with Crippen LogP contribution in [0.15, 0.2) is 47.1 Å². The van der Waals surface area contributed by atoms with E-state index in [2.05, 4.69) is 10.3 Å². The Morgan fingerprint density at radius 2 is 2.12 bits per heavy atom. The second kappa shape index (κ2) is 8.62. The van der Waals surface area contributed by atoms with Gasteiger partial charge in [0.2, 0.25) is 0 Å². The lowest BCUT2D eigenvalue weighted by Crippen LogP contribution is -2.35. The van der Waals surface area contributed by atoms with E-state index in [1.165, 1.54) is 6.26 Å². The summed E-state index contributed by atoms with van der Waals surface area (Å²) in [5, 5.41) is 3.67. The first-order valence-corrected chi connectivity index (χ1v) is 9.27. The third kappa shape index (κ3) is 4.92. The monoisotopic (exact) mass is 372 g/mol. The first-order valence-electron chi connectivity index (χ1n) is 8.46. The standard InChI is InChI=1S/C19H20N2O4S/c1-13(19(23)20-12-14-6-5-11-24-14)25-18(22)10-4-9-17-21-15-7-2-3-8-16(15)26-17/h2-3,5-8,11,13H,4,9-10,12H2,1H3,(H,20,23)/t13-/m1/s1. The van der Waals surface area contributed by atoms with Crippen molar-refractivity contribution in [1.82, 2.24) is 10.3 Å². The van der Waals surface area contributed by atoms with Crippen LogP contribution in [0.3, 0.4) is 0 Å². The van der Waals surface area contributed by atoms with Gasteiger partial charge in [0, 0.05) is 6.42 Å². The molecule has 0 saturated carbocycles. The molecule has 0 bridgehead atoms. The molecule has 7 heteroatoms. The van der Waals surface area contributed by atoms with Gasteiger partial charge >= 0.3 is 5.97 Å². The van der Waals surface area contributed by atoms with Gasteiger partial charge in [-0.3, -0.25) is 9.59 Å². The number of rotatable bonds is 8. The normalized spacial score (nSPS) is 12.0. The molecule has 2 aromatic heterocycles. The van der Waals surface area contributed by atoms with Crippen LogP contribution in [-0.4, -0.2) is 23.0 Å². The number of furan rings is 1. The number of fused-ring (bicyclic) bond motifs is 1.